The first-order valence-electron chi connectivity index (χ1n) is 11.2. The molecule has 4 aromatic rings. The number of hydrazine groups is 1. The van der Waals surface area contributed by atoms with E-state index in [0.29, 0.717) is 40.4 Å². The third kappa shape index (κ3) is 4.51. The molecule has 0 bridgehead atoms. The second-order valence-corrected chi connectivity index (χ2v) is 8.94. The van der Waals surface area contributed by atoms with Crippen LogP contribution in [-0.4, -0.2) is 49.3 Å². The number of halogens is 3. The Morgan fingerprint density at radius 2 is 1.94 bits per heavy atom. The topological polar surface area (TPSA) is 93.2 Å². The molecule has 5 rings (SSSR count). The highest BCUT2D eigenvalue weighted by Gasteiger charge is 2.32. The van der Waals surface area contributed by atoms with Gasteiger partial charge in [0.15, 0.2) is 0 Å². The van der Waals surface area contributed by atoms with Crippen molar-refractivity contribution in [3.63, 3.8) is 0 Å². The van der Waals surface area contributed by atoms with Gasteiger partial charge in [0, 0.05) is 37.8 Å². The van der Waals surface area contributed by atoms with Gasteiger partial charge in [-0.1, -0.05) is 0 Å². The smallest absolute Gasteiger partial charge is 0.383 e. The first-order chi connectivity index (χ1) is 16.6. The van der Waals surface area contributed by atoms with Crippen LogP contribution in [0.1, 0.15) is 34.5 Å². The minimum atomic E-state index is -4.47. The molecule has 35 heavy (non-hydrogen) atoms. The van der Waals surface area contributed by atoms with Crippen LogP contribution in [0.2, 0.25) is 0 Å². The van der Waals surface area contributed by atoms with Gasteiger partial charge in [0.2, 0.25) is 0 Å². The molecule has 1 saturated carbocycles. The van der Waals surface area contributed by atoms with Gasteiger partial charge in [-0.3, -0.25) is 19.5 Å². The van der Waals surface area contributed by atoms with Gasteiger partial charge >= 0.3 is 6.18 Å². The lowest BCUT2D eigenvalue weighted by molar-refractivity contribution is -0.137. The molecular formula is C24H24F3N7O. The summed E-state index contributed by atoms with van der Waals surface area (Å²) in [5.41, 5.74) is 7.43. The van der Waals surface area contributed by atoms with E-state index in [4.69, 9.17) is 5.73 Å². The molecule has 8 nitrogen and oxygen atoms in total. The van der Waals surface area contributed by atoms with Crippen molar-refractivity contribution < 1.29 is 18.0 Å². The number of hydrogen-bond donors (Lipinski definition) is 1. The average Bonchev–Trinajstić information content (AvgIpc) is 3.54. The molecule has 1 aliphatic carbocycles. The monoisotopic (exact) mass is 483 g/mol. The Morgan fingerprint density at radius 3 is 2.60 bits per heavy atom. The fraction of sp³-hybridized carbons (Fsp3) is 0.333. The standard InChI is InChI=1S/C24H24F3N7O/c1-32(12-14-3-4-14)34(13-17-7-6-16(10-29-17)24(25,26)27)23(35)15-5-8-20-18(9-15)21-19(22(28)31-20)11-30-33(21)2/h5-11,14H,3-4,12-13H2,1-2H3,(H2,28,31). The maximum atomic E-state index is 13.7. The second-order valence-electron chi connectivity index (χ2n) is 8.94. The summed E-state index contributed by atoms with van der Waals surface area (Å²) in [4.78, 5) is 22.1. The minimum absolute atomic E-state index is 0.0410. The van der Waals surface area contributed by atoms with Crippen LogP contribution >= 0.6 is 0 Å². The van der Waals surface area contributed by atoms with Gasteiger partial charge in [-0.25, -0.2) is 9.99 Å². The maximum absolute atomic E-state index is 13.7. The number of hydrogen-bond acceptors (Lipinski definition) is 6. The molecule has 0 saturated heterocycles. The van der Waals surface area contributed by atoms with E-state index in [9.17, 15) is 18.0 Å². The number of nitrogen functional groups attached to an aromatic ring is 1. The number of rotatable bonds is 6. The minimum Gasteiger partial charge on any atom is -0.383 e. The van der Waals surface area contributed by atoms with Crippen LogP contribution in [-0.2, 0) is 19.8 Å². The zero-order valence-electron chi connectivity index (χ0n) is 19.3. The number of fused-ring (bicyclic) bond motifs is 3. The third-order valence-electron chi connectivity index (χ3n) is 6.28. The number of pyridine rings is 2. The van der Waals surface area contributed by atoms with Crippen molar-refractivity contribution in [2.24, 2.45) is 13.0 Å². The predicted molar refractivity (Wildman–Crippen MR) is 125 cm³/mol. The van der Waals surface area contributed by atoms with E-state index in [-0.39, 0.29) is 12.5 Å². The van der Waals surface area contributed by atoms with Crippen LogP contribution in [0.3, 0.4) is 0 Å². The highest BCUT2D eigenvalue weighted by molar-refractivity contribution is 6.10. The molecule has 0 unspecified atom stereocenters. The maximum Gasteiger partial charge on any atom is 0.417 e. The Labute approximate surface area is 199 Å². The summed E-state index contributed by atoms with van der Waals surface area (Å²) in [7, 11) is 3.60. The molecule has 3 aromatic heterocycles. The Balaban J connectivity index is 1.51. The number of alkyl halides is 3. The van der Waals surface area contributed by atoms with Gasteiger partial charge in [0.05, 0.1) is 40.4 Å². The summed E-state index contributed by atoms with van der Waals surface area (Å²) in [6.45, 7) is 0.712. The summed E-state index contributed by atoms with van der Waals surface area (Å²) in [6, 6.07) is 7.46. The van der Waals surface area contributed by atoms with Crippen LogP contribution in [0.4, 0.5) is 19.0 Å². The van der Waals surface area contributed by atoms with E-state index < -0.39 is 11.7 Å². The molecule has 2 N–H and O–H groups in total. The molecule has 0 atom stereocenters. The average molecular weight is 483 g/mol. The van der Waals surface area contributed by atoms with Gasteiger partial charge in [-0.15, -0.1) is 0 Å². The van der Waals surface area contributed by atoms with E-state index in [1.54, 1.807) is 36.1 Å². The highest BCUT2D eigenvalue weighted by Crippen LogP contribution is 2.32. The van der Waals surface area contributed by atoms with Crippen molar-refractivity contribution in [3.8, 4) is 0 Å². The zero-order valence-corrected chi connectivity index (χ0v) is 19.3. The lowest BCUT2D eigenvalue weighted by Gasteiger charge is -2.32. The summed E-state index contributed by atoms with van der Waals surface area (Å²) in [5, 5.41) is 9.05. The van der Waals surface area contributed by atoms with Gasteiger partial charge in [0.25, 0.3) is 5.91 Å². The largest absolute Gasteiger partial charge is 0.417 e. The van der Waals surface area contributed by atoms with Crippen LogP contribution in [0, 0.1) is 5.92 Å². The SMILES string of the molecule is CN(CC1CC1)N(Cc1ccc(C(F)(F)F)cn1)C(=O)c1ccc2nc(N)c3cnn(C)c3c2c1. The quantitative estimate of drug-likeness (QED) is 0.417. The third-order valence-corrected chi connectivity index (χ3v) is 6.28. The van der Waals surface area contributed by atoms with Crippen LogP contribution < -0.4 is 5.73 Å². The summed E-state index contributed by atoms with van der Waals surface area (Å²) >= 11 is 0. The molecular weight excluding hydrogens is 459 g/mol. The molecule has 1 fully saturated rings. The number of benzene rings is 1. The Bertz CT molecular complexity index is 1410. The molecule has 3 heterocycles. The molecule has 1 aromatic carbocycles. The molecule has 0 radical (unpaired) electrons. The summed E-state index contributed by atoms with van der Waals surface area (Å²) in [6.07, 6.45) is 0.143. The first-order valence-corrected chi connectivity index (χ1v) is 11.2. The Hall–Kier alpha value is -3.73. The Kier molecular flexibility index (Phi) is 5.59. The van der Waals surface area contributed by atoms with Crippen LogP contribution in [0.5, 0.6) is 0 Å². The lowest BCUT2D eigenvalue weighted by Crippen LogP contribution is -2.44. The number of nitrogens with zero attached hydrogens (tertiary/aromatic N) is 6. The number of aryl methyl sites for hydroxylation is 1. The molecule has 0 spiro atoms. The van der Waals surface area contributed by atoms with Crippen LogP contribution in [0.25, 0.3) is 21.8 Å². The molecule has 0 aliphatic heterocycles. The summed E-state index contributed by atoms with van der Waals surface area (Å²) in [5.74, 6) is 0.566. The number of carbonyl (C=O) groups is 1. The van der Waals surface area contributed by atoms with Crippen molar-refractivity contribution in [2.45, 2.75) is 25.6 Å². The predicted octanol–water partition coefficient (Wildman–Crippen LogP) is 4.02. The van der Waals surface area contributed by atoms with Crippen molar-refractivity contribution in [3.05, 3.63) is 59.5 Å². The van der Waals surface area contributed by atoms with E-state index in [0.717, 1.165) is 36.0 Å². The van der Waals surface area contributed by atoms with E-state index in [1.807, 2.05) is 12.1 Å². The second kappa shape index (κ2) is 8.49. The van der Waals surface area contributed by atoms with E-state index >= 15 is 0 Å². The normalized spacial score (nSPS) is 14.2. The number of aromatic nitrogens is 4. The molecule has 182 valence electrons. The van der Waals surface area contributed by atoms with Gasteiger partial charge in [-0.2, -0.15) is 18.3 Å². The number of nitrogens with two attached hydrogens (primary N) is 1. The fourth-order valence-electron chi connectivity index (χ4n) is 4.20. The molecule has 1 amide bonds. The van der Waals surface area contributed by atoms with Gasteiger partial charge in [0.1, 0.15) is 5.82 Å². The molecule has 11 heteroatoms. The van der Waals surface area contributed by atoms with E-state index in [2.05, 4.69) is 15.1 Å². The van der Waals surface area contributed by atoms with Crippen LogP contribution in [0.15, 0.2) is 42.7 Å². The van der Waals surface area contributed by atoms with Crippen molar-refractivity contribution in [1.29, 1.82) is 0 Å². The summed E-state index contributed by atoms with van der Waals surface area (Å²) < 4.78 is 40.5. The first kappa shape index (κ1) is 23.0. The van der Waals surface area contributed by atoms with Gasteiger partial charge in [-0.05, 0) is 49.1 Å². The lowest BCUT2D eigenvalue weighted by atomic mass is 10.1. The number of amides is 1. The highest BCUT2D eigenvalue weighted by atomic mass is 19.4. The Morgan fingerprint density at radius 1 is 1.17 bits per heavy atom. The van der Waals surface area contributed by atoms with Crippen molar-refractivity contribution >= 4 is 33.5 Å². The fourth-order valence-corrected chi connectivity index (χ4v) is 4.20. The number of carbonyl (C=O) groups excluding carboxylic acids is 1. The molecule has 1 aliphatic rings. The van der Waals surface area contributed by atoms with Crippen molar-refractivity contribution in [2.75, 3.05) is 19.3 Å². The van der Waals surface area contributed by atoms with Crippen molar-refractivity contribution in [1.82, 2.24) is 29.8 Å². The number of anilines is 1. The van der Waals surface area contributed by atoms with E-state index in [1.165, 1.54) is 11.1 Å². The van der Waals surface area contributed by atoms with Gasteiger partial charge < -0.3 is 5.73 Å². The zero-order chi connectivity index (χ0) is 24.9.